The number of benzene rings is 3. The van der Waals surface area contributed by atoms with Gasteiger partial charge >= 0.3 is 0 Å². The van der Waals surface area contributed by atoms with Gasteiger partial charge in [-0.1, -0.05) is 45.7 Å². The molecule has 0 aromatic heterocycles. The number of thiocarbonyl (C=S) groups is 1. The molecular formula is C25H16BrClFN3O4S. The third-order valence-corrected chi connectivity index (χ3v) is 6.07. The molecule has 3 aromatic carbocycles. The molecule has 0 saturated carbocycles. The summed E-state index contributed by atoms with van der Waals surface area (Å²) < 4.78 is 19.9. The summed E-state index contributed by atoms with van der Waals surface area (Å²) >= 11 is 14.8. The highest BCUT2D eigenvalue weighted by atomic mass is 79.9. The largest absolute Gasteiger partial charge is 0.482 e. The van der Waals surface area contributed by atoms with Crippen LogP contribution in [-0.2, 0) is 14.4 Å². The number of nitrogens with one attached hydrogen (secondary N) is 2. The van der Waals surface area contributed by atoms with Crippen molar-refractivity contribution in [2.24, 2.45) is 0 Å². The van der Waals surface area contributed by atoms with Crippen molar-refractivity contribution < 1.29 is 23.5 Å². The zero-order valence-corrected chi connectivity index (χ0v) is 21.4. The summed E-state index contributed by atoms with van der Waals surface area (Å²) in [4.78, 5) is 38.9. The number of hydrogen-bond acceptors (Lipinski definition) is 5. The van der Waals surface area contributed by atoms with Crippen LogP contribution in [0.3, 0.4) is 0 Å². The first kappa shape index (κ1) is 25.5. The molecule has 1 heterocycles. The lowest BCUT2D eigenvalue weighted by atomic mass is 10.1. The van der Waals surface area contributed by atoms with E-state index in [0.29, 0.717) is 11.3 Å². The van der Waals surface area contributed by atoms with Crippen LogP contribution in [0.1, 0.15) is 5.56 Å². The molecular weight excluding hydrogens is 573 g/mol. The van der Waals surface area contributed by atoms with Crippen LogP contribution in [0.15, 0.2) is 76.8 Å². The summed E-state index contributed by atoms with van der Waals surface area (Å²) in [5.41, 5.74) is 0.839. The van der Waals surface area contributed by atoms with Crippen LogP contribution in [0.25, 0.3) is 6.08 Å². The fourth-order valence-corrected chi connectivity index (χ4v) is 4.05. The van der Waals surface area contributed by atoms with Gasteiger partial charge in [0.05, 0.1) is 16.4 Å². The van der Waals surface area contributed by atoms with Crippen molar-refractivity contribution >= 4 is 80.0 Å². The van der Waals surface area contributed by atoms with Crippen LogP contribution in [0, 0.1) is 5.82 Å². The van der Waals surface area contributed by atoms with Crippen molar-refractivity contribution in [3.8, 4) is 5.75 Å². The van der Waals surface area contributed by atoms with E-state index in [4.69, 9.17) is 28.6 Å². The van der Waals surface area contributed by atoms with E-state index < -0.39 is 30.1 Å². The second-order valence-electron chi connectivity index (χ2n) is 7.44. The zero-order valence-electron chi connectivity index (χ0n) is 18.3. The fraction of sp³-hybridized carbons (Fsp3) is 0.0400. The van der Waals surface area contributed by atoms with Crippen LogP contribution < -0.4 is 20.3 Å². The van der Waals surface area contributed by atoms with Gasteiger partial charge in [0.15, 0.2) is 11.7 Å². The quantitative estimate of drug-likeness (QED) is 0.238. The first-order chi connectivity index (χ1) is 17.2. The van der Waals surface area contributed by atoms with Gasteiger partial charge in [-0.2, -0.15) is 0 Å². The minimum atomic E-state index is -0.639. The SMILES string of the molecule is O=C(COc1ccc(/C=C2\C(=O)NC(=S)N(c3ccc(Br)cc3)C2=O)cc1Cl)Nc1ccccc1F. The number of para-hydroxylation sites is 1. The molecule has 182 valence electrons. The van der Waals surface area contributed by atoms with Gasteiger partial charge in [0.25, 0.3) is 17.7 Å². The molecule has 0 spiro atoms. The first-order valence-corrected chi connectivity index (χ1v) is 11.9. The minimum absolute atomic E-state index is 0.0279. The van der Waals surface area contributed by atoms with Gasteiger partial charge in [-0.3, -0.25) is 24.6 Å². The number of anilines is 2. The number of carbonyl (C=O) groups excluding carboxylic acids is 3. The zero-order chi connectivity index (χ0) is 25.8. The Balaban J connectivity index is 1.48. The Morgan fingerprint density at radius 2 is 1.86 bits per heavy atom. The molecule has 0 aliphatic carbocycles. The molecule has 3 amide bonds. The molecule has 2 N–H and O–H groups in total. The smallest absolute Gasteiger partial charge is 0.270 e. The van der Waals surface area contributed by atoms with Gasteiger partial charge in [-0.25, -0.2) is 4.39 Å². The van der Waals surface area contributed by atoms with Crippen molar-refractivity contribution in [1.82, 2.24) is 5.32 Å². The van der Waals surface area contributed by atoms with E-state index in [9.17, 15) is 18.8 Å². The van der Waals surface area contributed by atoms with Crippen molar-refractivity contribution in [2.45, 2.75) is 0 Å². The van der Waals surface area contributed by atoms with Crippen molar-refractivity contribution in [1.29, 1.82) is 0 Å². The highest BCUT2D eigenvalue weighted by Gasteiger charge is 2.34. The molecule has 0 unspecified atom stereocenters. The lowest BCUT2D eigenvalue weighted by Gasteiger charge is -2.29. The minimum Gasteiger partial charge on any atom is -0.482 e. The maximum absolute atomic E-state index is 13.7. The second-order valence-corrected chi connectivity index (χ2v) is 9.15. The van der Waals surface area contributed by atoms with Gasteiger partial charge in [0, 0.05) is 4.47 Å². The molecule has 1 saturated heterocycles. The van der Waals surface area contributed by atoms with Gasteiger partial charge in [0.1, 0.15) is 17.1 Å². The molecule has 36 heavy (non-hydrogen) atoms. The van der Waals surface area contributed by atoms with E-state index in [-0.39, 0.29) is 27.1 Å². The number of halogens is 3. The summed E-state index contributed by atoms with van der Waals surface area (Å²) in [5, 5.41) is 5.04. The number of ether oxygens (including phenoxy) is 1. The highest BCUT2D eigenvalue weighted by Crippen LogP contribution is 2.28. The van der Waals surface area contributed by atoms with E-state index in [1.807, 2.05) is 0 Å². The van der Waals surface area contributed by atoms with Crippen molar-refractivity contribution in [3.05, 3.63) is 93.2 Å². The Bertz CT molecular complexity index is 1410. The third kappa shape index (κ3) is 5.78. The van der Waals surface area contributed by atoms with Gasteiger partial charge in [-0.05, 0) is 72.4 Å². The molecule has 7 nitrogen and oxygen atoms in total. The van der Waals surface area contributed by atoms with Crippen LogP contribution in [-0.4, -0.2) is 29.4 Å². The van der Waals surface area contributed by atoms with E-state index in [1.54, 1.807) is 36.4 Å². The number of nitrogens with zero attached hydrogens (tertiary/aromatic N) is 1. The van der Waals surface area contributed by atoms with Crippen LogP contribution in [0.2, 0.25) is 5.02 Å². The monoisotopic (exact) mass is 587 g/mol. The Morgan fingerprint density at radius 3 is 2.56 bits per heavy atom. The summed E-state index contributed by atoms with van der Waals surface area (Å²) in [6, 6.07) is 17.2. The summed E-state index contributed by atoms with van der Waals surface area (Å²) in [5.74, 6) is -2.18. The Hall–Kier alpha value is -3.60. The first-order valence-electron chi connectivity index (χ1n) is 10.4. The molecule has 0 atom stereocenters. The molecule has 4 rings (SSSR count). The summed E-state index contributed by atoms with van der Waals surface area (Å²) in [6.45, 7) is -0.408. The van der Waals surface area contributed by atoms with E-state index in [0.717, 1.165) is 4.47 Å². The van der Waals surface area contributed by atoms with Crippen LogP contribution in [0.4, 0.5) is 15.8 Å². The molecule has 3 aromatic rings. The molecule has 0 bridgehead atoms. The number of carbonyl (C=O) groups is 3. The lowest BCUT2D eigenvalue weighted by Crippen LogP contribution is -2.54. The highest BCUT2D eigenvalue weighted by molar-refractivity contribution is 9.10. The molecule has 0 radical (unpaired) electrons. The average Bonchev–Trinajstić information content (AvgIpc) is 2.84. The summed E-state index contributed by atoms with van der Waals surface area (Å²) in [7, 11) is 0. The molecule has 1 fully saturated rings. The van der Waals surface area contributed by atoms with E-state index >= 15 is 0 Å². The Labute approximate surface area is 224 Å². The second kappa shape index (κ2) is 11.0. The van der Waals surface area contributed by atoms with Gasteiger partial charge < -0.3 is 10.1 Å². The van der Waals surface area contributed by atoms with E-state index in [1.165, 1.54) is 41.3 Å². The van der Waals surface area contributed by atoms with Crippen molar-refractivity contribution in [2.75, 3.05) is 16.8 Å². The van der Waals surface area contributed by atoms with Crippen LogP contribution in [0.5, 0.6) is 5.75 Å². The summed E-state index contributed by atoms with van der Waals surface area (Å²) in [6.07, 6.45) is 1.38. The third-order valence-electron chi connectivity index (χ3n) is 4.96. The number of rotatable bonds is 6. The molecule has 1 aliphatic rings. The maximum atomic E-state index is 13.7. The predicted molar refractivity (Wildman–Crippen MR) is 142 cm³/mol. The molecule has 1 aliphatic heterocycles. The van der Waals surface area contributed by atoms with E-state index in [2.05, 4.69) is 26.6 Å². The fourth-order valence-electron chi connectivity index (χ4n) is 3.26. The van der Waals surface area contributed by atoms with Crippen LogP contribution >= 0.6 is 39.7 Å². The Morgan fingerprint density at radius 1 is 1.14 bits per heavy atom. The normalized spacial score (nSPS) is 14.6. The van der Waals surface area contributed by atoms with Crippen molar-refractivity contribution in [3.63, 3.8) is 0 Å². The number of amides is 3. The average molecular weight is 589 g/mol. The topological polar surface area (TPSA) is 87.7 Å². The number of hydrogen-bond donors (Lipinski definition) is 2. The van der Waals surface area contributed by atoms with Gasteiger partial charge in [0.2, 0.25) is 0 Å². The Kier molecular flexibility index (Phi) is 7.78. The maximum Gasteiger partial charge on any atom is 0.270 e. The standard InChI is InChI=1S/C25H16BrClFN3O4S/c26-15-6-8-16(9-7-15)31-24(34)17(23(33)30-25(31)36)11-14-5-10-21(18(27)12-14)35-13-22(32)29-20-4-2-1-3-19(20)28/h1-12H,13H2,(H,29,32)(H,30,33,36)/b17-11+. The predicted octanol–water partition coefficient (Wildman–Crippen LogP) is 5.09. The van der Waals surface area contributed by atoms with Gasteiger partial charge in [-0.15, -0.1) is 0 Å². The molecule has 11 heteroatoms. The lowest BCUT2D eigenvalue weighted by molar-refractivity contribution is -0.122.